The summed E-state index contributed by atoms with van der Waals surface area (Å²) in [6.45, 7) is 1.91. The number of nitrogens with zero attached hydrogens (tertiary/aromatic N) is 1. The lowest BCUT2D eigenvalue weighted by Gasteiger charge is -2.36. The van der Waals surface area contributed by atoms with Crippen LogP contribution >= 0.6 is 0 Å². The molecule has 2 N–H and O–H groups in total. The average molecular weight is 514 g/mol. The van der Waals surface area contributed by atoms with Gasteiger partial charge < -0.3 is 24.6 Å². The standard InChI is InChI=1S/C32H35NO5/c1-37-32(38-2)23-16-18-33(19-17-23)26-11-6-22(7-12-26)30-28(21-8-13-27(34)14-9-21)5-3-4-24-20-25(31(35)36)10-15-29(24)30/h6-15,20,23,32,34H,3-5,16-19H2,1-2H3,(H,35,36). The second-order valence-electron chi connectivity index (χ2n) is 10.1. The molecule has 1 saturated heterocycles. The fourth-order valence-electron chi connectivity index (χ4n) is 5.95. The van der Waals surface area contributed by atoms with Crippen LogP contribution in [0, 0.1) is 5.92 Å². The summed E-state index contributed by atoms with van der Waals surface area (Å²) >= 11 is 0. The van der Waals surface area contributed by atoms with Crippen molar-refractivity contribution in [2.45, 2.75) is 38.4 Å². The normalized spacial score (nSPS) is 16.4. The Morgan fingerprint density at radius 1 is 0.895 bits per heavy atom. The number of phenols is 1. The third kappa shape index (κ3) is 5.33. The van der Waals surface area contributed by atoms with Gasteiger partial charge in [0.25, 0.3) is 0 Å². The number of aryl methyl sites for hydroxylation is 1. The van der Waals surface area contributed by atoms with E-state index in [2.05, 4.69) is 29.2 Å². The van der Waals surface area contributed by atoms with Crippen molar-refractivity contribution < 1.29 is 24.5 Å². The predicted octanol–water partition coefficient (Wildman–Crippen LogP) is 6.22. The van der Waals surface area contributed by atoms with Crippen LogP contribution in [0.1, 0.15) is 58.3 Å². The van der Waals surface area contributed by atoms with Crippen molar-refractivity contribution in [2.24, 2.45) is 5.92 Å². The third-order valence-electron chi connectivity index (χ3n) is 7.92. The van der Waals surface area contributed by atoms with Crippen LogP contribution in [0.25, 0.3) is 11.1 Å². The molecule has 1 aliphatic heterocycles. The fraction of sp³-hybridized carbons (Fsp3) is 0.344. The van der Waals surface area contributed by atoms with E-state index in [9.17, 15) is 15.0 Å². The number of carboxylic acid groups (broad SMARTS) is 1. The Kier molecular flexibility index (Phi) is 7.82. The Hall–Kier alpha value is -3.61. The molecule has 0 aromatic heterocycles. The molecule has 6 nitrogen and oxygen atoms in total. The molecule has 0 amide bonds. The molecule has 0 radical (unpaired) electrons. The molecular weight excluding hydrogens is 478 g/mol. The third-order valence-corrected chi connectivity index (χ3v) is 7.92. The van der Waals surface area contributed by atoms with Gasteiger partial charge >= 0.3 is 5.97 Å². The van der Waals surface area contributed by atoms with Gasteiger partial charge in [0.15, 0.2) is 6.29 Å². The van der Waals surface area contributed by atoms with Crippen LogP contribution in [0.5, 0.6) is 5.75 Å². The molecule has 0 saturated carbocycles. The van der Waals surface area contributed by atoms with Gasteiger partial charge in [0.05, 0.1) is 5.56 Å². The SMILES string of the molecule is COC(OC)C1CCN(c2ccc(C3=C(c4ccc(O)cc4)CCCc4cc(C(=O)O)ccc43)cc2)CC1. The van der Waals surface area contributed by atoms with Crippen molar-refractivity contribution in [3.05, 3.63) is 94.5 Å². The van der Waals surface area contributed by atoms with Crippen LogP contribution in [0.4, 0.5) is 5.69 Å². The van der Waals surface area contributed by atoms with Crippen molar-refractivity contribution in [3.8, 4) is 5.75 Å². The van der Waals surface area contributed by atoms with Gasteiger partial charge in [0, 0.05) is 38.9 Å². The maximum Gasteiger partial charge on any atom is 0.335 e. The Bertz CT molecular complexity index is 1300. The zero-order valence-corrected chi connectivity index (χ0v) is 22.0. The topological polar surface area (TPSA) is 79.2 Å². The molecule has 0 atom stereocenters. The second kappa shape index (κ2) is 11.4. The number of hydrogen-bond donors (Lipinski definition) is 2. The minimum absolute atomic E-state index is 0.151. The number of fused-ring (bicyclic) bond motifs is 1. The molecule has 0 unspecified atom stereocenters. The monoisotopic (exact) mass is 513 g/mol. The molecule has 1 fully saturated rings. The van der Waals surface area contributed by atoms with Crippen LogP contribution in [-0.4, -0.2) is 49.8 Å². The number of allylic oxidation sites excluding steroid dienone is 1. The Labute approximate surface area is 224 Å². The summed E-state index contributed by atoms with van der Waals surface area (Å²) in [6, 6.07) is 21.6. The lowest BCUT2D eigenvalue weighted by Crippen LogP contribution is -2.39. The number of anilines is 1. The minimum Gasteiger partial charge on any atom is -0.508 e. The van der Waals surface area contributed by atoms with Crippen molar-refractivity contribution >= 4 is 22.8 Å². The summed E-state index contributed by atoms with van der Waals surface area (Å²) in [4.78, 5) is 14.1. The summed E-state index contributed by atoms with van der Waals surface area (Å²) in [5, 5.41) is 19.4. The summed E-state index contributed by atoms with van der Waals surface area (Å²) < 4.78 is 11.0. The largest absolute Gasteiger partial charge is 0.508 e. The second-order valence-corrected chi connectivity index (χ2v) is 10.1. The van der Waals surface area contributed by atoms with Crippen LogP contribution in [0.2, 0.25) is 0 Å². The van der Waals surface area contributed by atoms with Crippen molar-refractivity contribution in [1.29, 1.82) is 0 Å². The maximum atomic E-state index is 11.7. The van der Waals surface area contributed by atoms with E-state index >= 15 is 0 Å². The first kappa shape index (κ1) is 26.0. The molecule has 5 rings (SSSR count). The van der Waals surface area contributed by atoms with Crippen LogP contribution < -0.4 is 4.90 Å². The number of carbonyl (C=O) groups is 1. The first-order valence-electron chi connectivity index (χ1n) is 13.3. The van der Waals surface area contributed by atoms with E-state index < -0.39 is 5.97 Å². The van der Waals surface area contributed by atoms with Crippen molar-refractivity contribution in [1.82, 2.24) is 0 Å². The van der Waals surface area contributed by atoms with E-state index in [-0.39, 0.29) is 12.0 Å². The van der Waals surface area contributed by atoms with Gasteiger partial charge in [-0.25, -0.2) is 4.79 Å². The molecule has 6 heteroatoms. The summed E-state index contributed by atoms with van der Waals surface area (Å²) in [5.74, 6) is -0.264. The molecule has 38 heavy (non-hydrogen) atoms. The summed E-state index contributed by atoms with van der Waals surface area (Å²) in [7, 11) is 3.41. The number of benzene rings is 3. The number of hydrogen-bond acceptors (Lipinski definition) is 5. The van der Waals surface area contributed by atoms with Crippen LogP contribution in [0.15, 0.2) is 66.7 Å². The Morgan fingerprint density at radius 2 is 1.55 bits per heavy atom. The van der Waals surface area contributed by atoms with Gasteiger partial charge in [-0.05, 0) is 102 Å². The molecule has 3 aromatic rings. The zero-order chi connectivity index (χ0) is 26.6. The van der Waals surface area contributed by atoms with E-state index in [4.69, 9.17) is 9.47 Å². The number of phenolic OH excluding ortho intramolecular Hbond substituents is 1. The highest BCUT2D eigenvalue weighted by atomic mass is 16.7. The predicted molar refractivity (Wildman–Crippen MR) is 150 cm³/mol. The smallest absolute Gasteiger partial charge is 0.335 e. The van der Waals surface area contributed by atoms with Gasteiger partial charge in [-0.1, -0.05) is 30.3 Å². The van der Waals surface area contributed by atoms with Gasteiger partial charge in [0.2, 0.25) is 0 Å². The Balaban J connectivity index is 1.50. The molecule has 1 aliphatic carbocycles. The lowest BCUT2D eigenvalue weighted by atomic mass is 9.87. The molecule has 3 aromatic carbocycles. The highest BCUT2D eigenvalue weighted by Crippen LogP contribution is 2.41. The number of aromatic carboxylic acids is 1. The number of methoxy groups -OCH3 is 2. The maximum absolute atomic E-state index is 11.7. The number of ether oxygens (including phenoxy) is 2. The number of rotatable bonds is 7. The molecule has 2 aliphatic rings. The first-order valence-corrected chi connectivity index (χ1v) is 13.3. The molecule has 1 heterocycles. The molecular formula is C32H35NO5. The van der Waals surface area contributed by atoms with Crippen molar-refractivity contribution in [3.63, 3.8) is 0 Å². The number of aromatic hydroxyl groups is 1. The highest BCUT2D eigenvalue weighted by Gasteiger charge is 2.27. The van der Waals surface area contributed by atoms with Gasteiger partial charge in [0.1, 0.15) is 5.75 Å². The van der Waals surface area contributed by atoms with E-state index in [1.54, 1.807) is 32.4 Å². The summed E-state index contributed by atoms with van der Waals surface area (Å²) in [5.41, 5.74) is 8.18. The van der Waals surface area contributed by atoms with Crippen LogP contribution in [-0.2, 0) is 15.9 Å². The van der Waals surface area contributed by atoms with Gasteiger partial charge in [-0.3, -0.25) is 0 Å². The molecule has 198 valence electrons. The van der Waals surface area contributed by atoms with Crippen LogP contribution in [0.3, 0.4) is 0 Å². The summed E-state index contributed by atoms with van der Waals surface area (Å²) in [6.07, 6.45) is 4.49. The van der Waals surface area contributed by atoms with E-state index in [0.717, 1.165) is 73.0 Å². The van der Waals surface area contributed by atoms with Crippen molar-refractivity contribution in [2.75, 3.05) is 32.2 Å². The van der Waals surface area contributed by atoms with E-state index in [0.29, 0.717) is 11.5 Å². The van der Waals surface area contributed by atoms with E-state index in [1.807, 2.05) is 24.3 Å². The van der Waals surface area contributed by atoms with E-state index in [1.165, 1.54) is 11.3 Å². The number of piperidine rings is 1. The van der Waals surface area contributed by atoms with Gasteiger partial charge in [-0.2, -0.15) is 0 Å². The quantitative estimate of drug-likeness (QED) is 0.365. The van der Waals surface area contributed by atoms with Gasteiger partial charge in [-0.15, -0.1) is 0 Å². The number of carboxylic acids is 1. The minimum atomic E-state index is -0.906. The molecule has 0 bridgehead atoms. The first-order chi connectivity index (χ1) is 18.5. The Morgan fingerprint density at radius 3 is 2.18 bits per heavy atom. The fourth-order valence-corrected chi connectivity index (χ4v) is 5.95. The average Bonchev–Trinajstić information content (AvgIpc) is 3.14. The zero-order valence-electron chi connectivity index (χ0n) is 22.0. The molecule has 0 spiro atoms. The lowest BCUT2D eigenvalue weighted by molar-refractivity contribution is -0.141. The highest BCUT2D eigenvalue weighted by molar-refractivity contribution is 6.00.